The summed E-state index contributed by atoms with van der Waals surface area (Å²) in [5, 5.41) is 3.49. The third kappa shape index (κ3) is 5.28. The van der Waals surface area contributed by atoms with Crippen LogP contribution < -0.4 is 5.32 Å². The number of hydrogen-bond acceptors (Lipinski definition) is 3. The third-order valence-electron chi connectivity index (χ3n) is 3.37. The van der Waals surface area contributed by atoms with Gasteiger partial charge in [0.05, 0.1) is 6.61 Å². The molecule has 0 bridgehead atoms. The highest BCUT2D eigenvalue weighted by atomic mass is 16.5. The van der Waals surface area contributed by atoms with E-state index in [1.807, 2.05) is 0 Å². The molecule has 1 heterocycles. The molecule has 1 aliphatic rings. The lowest BCUT2D eigenvalue weighted by molar-refractivity contribution is 0.0372. The minimum absolute atomic E-state index is 0.578. The molecule has 1 fully saturated rings. The minimum atomic E-state index is 0.578. The van der Waals surface area contributed by atoms with E-state index in [2.05, 4.69) is 38.0 Å². The number of hydrogen-bond donors (Lipinski definition) is 1. The molecule has 1 rings (SSSR count). The third-order valence-corrected chi connectivity index (χ3v) is 3.37. The van der Waals surface area contributed by atoms with Gasteiger partial charge in [0.15, 0.2) is 0 Å². The molecule has 1 N–H and O–H groups in total. The Balaban J connectivity index is 2.19. The van der Waals surface area contributed by atoms with Crippen LogP contribution in [0.15, 0.2) is 0 Å². The van der Waals surface area contributed by atoms with Crippen LogP contribution in [0.1, 0.15) is 33.6 Å². The molecule has 0 spiro atoms. The zero-order chi connectivity index (χ0) is 12.0. The van der Waals surface area contributed by atoms with E-state index in [9.17, 15) is 0 Å². The Kier molecular flexibility index (Phi) is 6.32. The summed E-state index contributed by atoms with van der Waals surface area (Å²) in [6.45, 7) is 10.8. The fourth-order valence-electron chi connectivity index (χ4n) is 2.10. The van der Waals surface area contributed by atoms with Gasteiger partial charge in [0.2, 0.25) is 0 Å². The van der Waals surface area contributed by atoms with Crippen molar-refractivity contribution in [1.82, 2.24) is 10.2 Å². The normalized spacial score (nSPS) is 24.0. The number of likely N-dealkylation sites (N-methyl/N-ethyl adjacent to an activating group) is 1. The van der Waals surface area contributed by atoms with Crippen molar-refractivity contribution in [1.29, 1.82) is 0 Å². The zero-order valence-corrected chi connectivity index (χ0v) is 11.3. The summed E-state index contributed by atoms with van der Waals surface area (Å²) in [6, 6.07) is 1.18. The van der Waals surface area contributed by atoms with Crippen LogP contribution in [-0.4, -0.2) is 50.3 Å². The Labute approximate surface area is 101 Å². The topological polar surface area (TPSA) is 24.5 Å². The monoisotopic (exact) mass is 228 g/mol. The highest BCUT2D eigenvalue weighted by molar-refractivity contribution is 4.72. The van der Waals surface area contributed by atoms with Gasteiger partial charge in [0, 0.05) is 31.8 Å². The van der Waals surface area contributed by atoms with Crippen molar-refractivity contribution in [3.05, 3.63) is 0 Å². The van der Waals surface area contributed by atoms with Crippen LogP contribution in [0.25, 0.3) is 0 Å². The van der Waals surface area contributed by atoms with Crippen molar-refractivity contribution in [2.24, 2.45) is 5.92 Å². The molecule has 16 heavy (non-hydrogen) atoms. The van der Waals surface area contributed by atoms with Gasteiger partial charge in [-0.2, -0.15) is 0 Å². The van der Waals surface area contributed by atoms with E-state index in [0.717, 1.165) is 25.7 Å². The quantitative estimate of drug-likeness (QED) is 0.749. The molecule has 0 saturated carbocycles. The van der Waals surface area contributed by atoms with Gasteiger partial charge in [-0.3, -0.25) is 0 Å². The highest BCUT2D eigenvalue weighted by Gasteiger charge is 2.18. The first-order valence-electron chi connectivity index (χ1n) is 6.61. The first kappa shape index (κ1) is 13.9. The van der Waals surface area contributed by atoms with Crippen LogP contribution in [0.5, 0.6) is 0 Å². The van der Waals surface area contributed by atoms with Crippen molar-refractivity contribution in [2.45, 2.75) is 45.7 Å². The van der Waals surface area contributed by atoms with Crippen molar-refractivity contribution < 1.29 is 4.74 Å². The summed E-state index contributed by atoms with van der Waals surface area (Å²) >= 11 is 0. The molecule has 0 aromatic carbocycles. The average Bonchev–Trinajstić information content (AvgIpc) is 2.27. The molecule has 96 valence electrons. The van der Waals surface area contributed by atoms with Crippen LogP contribution in [0.3, 0.4) is 0 Å². The van der Waals surface area contributed by atoms with Gasteiger partial charge in [0.25, 0.3) is 0 Å². The van der Waals surface area contributed by atoms with Gasteiger partial charge in [0.1, 0.15) is 0 Å². The molecule has 0 aliphatic carbocycles. The fraction of sp³-hybridized carbons (Fsp3) is 1.00. The van der Waals surface area contributed by atoms with Gasteiger partial charge in [-0.05, 0) is 32.7 Å². The Bertz CT molecular complexity index is 179. The summed E-state index contributed by atoms with van der Waals surface area (Å²) in [5.41, 5.74) is 0. The zero-order valence-electron chi connectivity index (χ0n) is 11.3. The van der Waals surface area contributed by atoms with Crippen molar-refractivity contribution in [3.63, 3.8) is 0 Å². The lowest BCUT2D eigenvalue weighted by atomic mass is 10.0. The van der Waals surface area contributed by atoms with Crippen molar-refractivity contribution in [2.75, 3.05) is 33.4 Å². The Morgan fingerprint density at radius 1 is 1.38 bits per heavy atom. The summed E-state index contributed by atoms with van der Waals surface area (Å²) in [5.74, 6) is 0.736. The van der Waals surface area contributed by atoms with E-state index in [4.69, 9.17) is 4.74 Å². The number of nitrogens with one attached hydrogen (secondary N) is 1. The smallest absolute Gasteiger partial charge is 0.0506 e. The Morgan fingerprint density at radius 2 is 2.12 bits per heavy atom. The molecular weight excluding hydrogens is 200 g/mol. The van der Waals surface area contributed by atoms with Gasteiger partial charge in [-0.1, -0.05) is 13.8 Å². The Hall–Kier alpha value is -0.120. The first-order chi connectivity index (χ1) is 7.59. The van der Waals surface area contributed by atoms with Crippen LogP contribution in [0, 0.1) is 5.92 Å². The van der Waals surface area contributed by atoms with E-state index in [0.29, 0.717) is 12.1 Å². The molecule has 3 heteroatoms. The average molecular weight is 228 g/mol. The van der Waals surface area contributed by atoms with E-state index >= 15 is 0 Å². The summed E-state index contributed by atoms with van der Waals surface area (Å²) in [4.78, 5) is 2.45. The molecular formula is C13H28N2O. The lowest BCUT2D eigenvalue weighted by Crippen LogP contribution is -2.43. The van der Waals surface area contributed by atoms with Gasteiger partial charge >= 0.3 is 0 Å². The van der Waals surface area contributed by atoms with E-state index in [-0.39, 0.29) is 0 Å². The second kappa shape index (κ2) is 7.25. The maximum Gasteiger partial charge on any atom is 0.0506 e. The number of rotatable bonds is 6. The SMILES string of the molecule is CC(C)NCC(C)N(C)CC1CCCOC1. The highest BCUT2D eigenvalue weighted by Crippen LogP contribution is 2.15. The Morgan fingerprint density at radius 3 is 2.69 bits per heavy atom. The molecule has 2 unspecified atom stereocenters. The maximum atomic E-state index is 5.52. The molecule has 3 nitrogen and oxygen atoms in total. The predicted molar refractivity (Wildman–Crippen MR) is 68.8 cm³/mol. The fourth-order valence-corrected chi connectivity index (χ4v) is 2.10. The summed E-state index contributed by atoms with van der Waals surface area (Å²) in [7, 11) is 2.22. The maximum absolute atomic E-state index is 5.52. The van der Waals surface area contributed by atoms with Gasteiger partial charge in [-0.15, -0.1) is 0 Å². The standard InChI is InChI=1S/C13H28N2O/c1-11(2)14-8-12(3)15(4)9-13-6-5-7-16-10-13/h11-14H,5-10H2,1-4H3. The first-order valence-corrected chi connectivity index (χ1v) is 6.61. The molecule has 0 amide bonds. The summed E-state index contributed by atoms with van der Waals surface area (Å²) in [6.07, 6.45) is 2.56. The van der Waals surface area contributed by atoms with E-state index in [1.165, 1.54) is 19.4 Å². The van der Waals surface area contributed by atoms with E-state index in [1.54, 1.807) is 0 Å². The van der Waals surface area contributed by atoms with Crippen molar-refractivity contribution in [3.8, 4) is 0 Å². The summed E-state index contributed by atoms with van der Waals surface area (Å²) < 4.78 is 5.52. The molecule has 0 aromatic heterocycles. The van der Waals surface area contributed by atoms with Crippen LogP contribution in [0.2, 0.25) is 0 Å². The molecule has 0 aromatic rings. The minimum Gasteiger partial charge on any atom is -0.381 e. The largest absolute Gasteiger partial charge is 0.381 e. The lowest BCUT2D eigenvalue weighted by Gasteiger charge is -2.31. The van der Waals surface area contributed by atoms with Gasteiger partial charge in [-0.25, -0.2) is 0 Å². The van der Waals surface area contributed by atoms with Crippen LogP contribution in [-0.2, 0) is 4.74 Å². The van der Waals surface area contributed by atoms with E-state index < -0.39 is 0 Å². The van der Waals surface area contributed by atoms with Crippen molar-refractivity contribution >= 4 is 0 Å². The van der Waals surface area contributed by atoms with Crippen LogP contribution in [0.4, 0.5) is 0 Å². The molecule has 0 radical (unpaired) electrons. The molecule has 1 saturated heterocycles. The van der Waals surface area contributed by atoms with Gasteiger partial charge < -0.3 is 15.0 Å². The second-order valence-electron chi connectivity index (χ2n) is 5.43. The number of nitrogens with zero attached hydrogens (tertiary/aromatic N) is 1. The predicted octanol–water partition coefficient (Wildman–Crippen LogP) is 1.73. The molecule has 1 aliphatic heterocycles. The molecule has 2 atom stereocenters. The number of ether oxygens (including phenoxy) is 1. The van der Waals surface area contributed by atoms with Crippen LogP contribution >= 0.6 is 0 Å². The second-order valence-corrected chi connectivity index (χ2v) is 5.43.